The molecule has 1 amide bonds. The van der Waals surface area contributed by atoms with Crippen LogP contribution in [0.3, 0.4) is 0 Å². The molecule has 0 spiro atoms. The fourth-order valence-corrected chi connectivity index (χ4v) is 1.45. The number of amides is 1. The van der Waals surface area contributed by atoms with Gasteiger partial charge >= 0.3 is 6.09 Å². The van der Waals surface area contributed by atoms with Gasteiger partial charge < -0.3 is 9.64 Å². The first-order valence-corrected chi connectivity index (χ1v) is 4.89. The highest BCUT2D eigenvalue weighted by Gasteiger charge is 2.25. The quantitative estimate of drug-likeness (QED) is 0.726. The Morgan fingerprint density at radius 1 is 1.31 bits per heavy atom. The monoisotopic (exact) mass is 223 g/mol. The van der Waals surface area contributed by atoms with Gasteiger partial charge in [0.1, 0.15) is 11.6 Å². The van der Waals surface area contributed by atoms with Gasteiger partial charge in [-0.15, -0.1) is 0 Å². The van der Waals surface area contributed by atoms with Crippen LogP contribution in [0.2, 0.25) is 0 Å². The first-order chi connectivity index (χ1) is 7.65. The second-order valence-corrected chi connectivity index (χ2v) is 3.53. The molecule has 1 aliphatic heterocycles. The molecule has 1 aliphatic rings. The number of ketones is 1. The zero-order chi connectivity index (χ0) is 11.5. The maximum absolute atomic E-state index is 12.6. The third-order valence-corrected chi connectivity index (χ3v) is 2.30. The zero-order valence-corrected chi connectivity index (χ0v) is 8.48. The molecule has 0 atom stereocenters. The van der Waals surface area contributed by atoms with Gasteiger partial charge in [-0.3, -0.25) is 4.79 Å². The summed E-state index contributed by atoms with van der Waals surface area (Å²) in [4.78, 5) is 23.8. The molecular weight excluding hydrogens is 213 g/mol. The molecule has 1 heterocycles. The minimum atomic E-state index is -0.572. The fourth-order valence-electron chi connectivity index (χ4n) is 1.45. The Balaban J connectivity index is 1.97. The van der Waals surface area contributed by atoms with Gasteiger partial charge in [-0.25, -0.2) is 9.18 Å². The summed E-state index contributed by atoms with van der Waals surface area (Å²) in [6, 6.07) is 5.14. The van der Waals surface area contributed by atoms with Crippen molar-refractivity contribution < 1.29 is 18.7 Å². The molecule has 0 aliphatic carbocycles. The lowest BCUT2D eigenvalue weighted by molar-refractivity contribution is -0.116. The predicted molar refractivity (Wildman–Crippen MR) is 53.6 cm³/mol. The third-order valence-electron chi connectivity index (χ3n) is 2.30. The van der Waals surface area contributed by atoms with E-state index in [1.54, 1.807) is 0 Å². The molecule has 2 rings (SSSR count). The van der Waals surface area contributed by atoms with E-state index in [0.717, 1.165) is 0 Å². The highest BCUT2D eigenvalue weighted by atomic mass is 19.1. The number of nitrogens with zero attached hydrogens (tertiary/aromatic N) is 1. The van der Waals surface area contributed by atoms with Crippen molar-refractivity contribution in [1.29, 1.82) is 0 Å². The van der Waals surface area contributed by atoms with Crippen LogP contribution in [0.4, 0.5) is 9.18 Å². The molecule has 1 aromatic carbocycles. The molecule has 5 heteroatoms. The van der Waals surface area contributed by atoms with Crippen LogP contribution in [0.5, 0.6) is 5.75 Å². The van der Waals surface area contributed by atoms with Gasteiger partial charge in [0.05, 0.1) is 6.54 Å². The molecule has 16 heavy (non-hydrogen) atoms. The third kappa shape index (κ3) is 2.36. The lowest BCUT2D eigenvalue weighted by Gasteiger charge is -2.13. The Kier molecular flexibility index (Phi) is 2.85. The van der Waals surface area contributed by atoms with E-state index in [9.17, 15) is 14.0 Å². The van der Waals surface area contributed by atoms with Crippen LogP contribution in [0, 0.1) is 5.82 Å². The number of hydrogen-bond acceptors (Lipinski definition) is 3. The van der Waals surface area contributed by atoms with E-state index in [1.807, 2.05) is 0 Å². The number of likely N-dealkylation sites (tertiary alicyclic amines) is 1. The van der Waals surface area contributed by atoms with Crippen LogP contribution in [0.1, 0.15) is 6.42 Å². The van der Waals surface area contributed by atoms with Gasteiger partial charge in [-0.2, -0.15) is 0 Å². The van der Waals surface area contributed by atoms with E-state index in [4.69, 9.17) is 4.74 Å². The maximum atomic E-state index is 12.6. The molecule has 0 unspecified atom stereocenters. The minimum Gasteiger partial charge on any atom is -0.410 e. The molecule has 0 saturated carbocycles. The Labute approximate surface area is 91.6 Å². The first kappa shape index (κ1) is 10.6. The Morgan fingerprint density at radius 2 is 2.00 bits per heavy atom. The number of carbonyl (C=O) groups is 2. The number of hydrogen-bond donors (Lipinski definition) is 0. The smallest absolute Gasteiger partial charge is 0.410 e. The van der Waals surface area contributed by atoms with Gasteiger partial charge in [0.25, 0.3) is 0 Å². The summed E-state index contributed by atoms with van der Waals surface area (Å²) >= 11 is 0. The van der Waals surface area contributed by atoms with Gasteiger partial charge in [-0.05, 0) is 24.3 Å². The Hall–Kier alpha value is -1.91. The van der Waals surface area contributed by atoms with Crippen LogP contribution < -0.4 is 4.74 Å². The summed E-state index contributed by atoms with van der Waals surface area (Å²) in [6.45, 7) is 0.485. The van der Waals surface area contributed by atoms with E-state index in [2.05, 4.69) is 0 Å². The second-order valence-electron chi connectivity index (χ2n) is 3.53. The van der Waals surface area contributed by atoms with Crippen molar-refractivity contribution in [3.63, 3.8) is 0 Å². The number of ether oxygens (including phenoxy) is 1. The Morgan fingerprint density at radius 3 is 2.56 bits per heavy atom. The summed E-state index contributed by atoms with van der Waals surface area (Å²) in [5, 5.41) is 0. The summed E-state index contributed by atoms with van der Waals surface area (Å²) in [5.74, 6) is -0.0991. The SMILES string of the molecule is O=C1CCN(C(=O)Oc2ccc(F)cc2)C1. The van der Waals surface area contributed by atoms with Crippen molar-refractivity contribution in [3.05, 3.63) is 30.1 Å². The van der Waals surface area contributed by atoms with Crippen molar-refractivity contribution in [2.24, 2.45) is 0 Å². The van der Waals surface area contributed by atoms with E-state index >= 15 is 0 Å². The molecule has 4 nitrogen and oxygen atoms in total. The molecule has 84 valence electrons. The number of carbonyl (C=O) groups excluding carboxylic acids is 2. The van der Waals surface area contributed by atoms with Crippen LogP contribution in [-0.4, -0.2) is 29.9 Å². The van der Waals surface area contributed by atoms with E-state index < -0.39 is 11.9 Å². The maximum Gasteiger partial charge on any atom is 0.415 e. The summed E-state index contributed by atoms with van der Waals surface area (Å²) in [7, 11) is 0. The van der Waals surface area contributed by atoms with Crippen molar-refractivity contribution in [2.45, 2.75) is 6.42 Å². The number of benzene rings is 1. The first-order valence-electron chi connectivity index (χ1n) is 4.89. The highest BCUT2D eigenvalue weighted by molar-refractivity contribution is 5.87. The largest absolute Gasteiger partial charge is 0.415 e. The van der Waals surface area contributed by atoms with E-state index in [-0.39, 0.29) is 18.1 Å². The molecule has 0 aromatic heterocycles. The van der Waals surface area contributed by atoms with Crippen molar-refractivity contribution in [3.8, 4) is 5.75 Å². The highest BCUT2D eigenvalue weighted by Crippen LogP contribution is 2.14. The van der Waals surface area contributed by atoms with Crippen LogP contribution in [0.25, 0.3) is 0 Å². The van der Waals surface area contributed by atoms with Crippen molar-refractivity contribution >= 4 is 11.9 Å². The lowest BCUT2D eigenvalue weighted by Crippen LogP contribution is -2.31. The Bertz CT molecular complexity index is 416. The second kappa shape index (κ2) is 4.30. The van der Waals surface area contributed by atoms with Crippen LogP contribution in [-0.2, 0) is 4.79 Å². The average molecular weight is 223 g/mol. The lowest BCUT2D eigenvalue weighted by atomic mass is 10.3. The summed E-state index contributed by atoms with van der Waals surface area (Å²) in [5.41, 5.74) is 0. The van der Waals surface area contributed by atoms with Gasteiger partial charge in [0.15, 0.2) is 5.78 Å². The van der Waals surface area contributed by atoms with Gasteiger partial charge in [0.2, 0.25) is 0 Å². The van der Waals surface area contributed by atoms with Gasteiger partial charge in [0, 0.05) is 13.0 Å². The summed E-state index contributed by atoms with van der Waals surface area (Å²) in [6.07, 6.45) is -0.198. The van der Waals surface area contributed by atoms with E-state index in [1.165, 1.54) is 29.2 Å². The average Bonchev–Trinajstić information content (AvgIpc) is 2.68. The molecule has 1 aromatic rings. The zero-order valence-electron chi connectivity index (χ0n) is 8.48. The van der Waals surface area contributed by atoms with E-state index in [0.29, 0.717) is 13.0 Å². The van der Waals surface area contributed by atoms with Crippen molar-refractivity contribution in [2.75, 3.05) is 13.1 Å². The van der Waals surface area contributed by atoms with Gasteiger partial charge in [-0.1, -0.05) is 0 Å². The molecule has 1 fully saturated rings. The van der Waals surface area contributed by atoms with Crippen molar-refractivity contribution in [1.82, 2.24) is 4.90 Å². The number of Topliss-reactive ketones (excluding diaryl/α,β-unsaturated/α-hetero) is 1. The fraction of sp³-hybridized carbons (Fsp3) is 0.273. The molecule has 0 N–H and O–H groups in total. The molecular formula is C11H10FNO3. The predicted octanol–water partition coefficient (Wildman–Crippen LogP) is 1.60. The molecule has 0 bridgehead atoms. The standard InChI is InChI=1S/C11H10FNO3/c12-8-1-3-10(4-2-8)16-11(15)13-6-5-9(14)7-13/h1-4H,5-7H2. The summed E-state index contributed by atoms with van der Waals surface area (Å²) < 4.78 is 17.6. The normalized spacial score (nSPS) is 15.3. The van der Waals surface area contributed by atoms with Crippen LogP contribution in [0.15, 0.2) is 24.3 Å². The topological polar surface area (TPSA) is 46.6 Å². The minimum absolute atomic E-state index is 0.0241. The molecule has 1 saturated heterocycles. The number of halogens is 1. The molecule has 0 radical (unpaired) electrons. The van der Waals surface area contributed by atoms with Crippen LogP contribution >= 0.6 is 0 Å². The number of rotatable bonds is 1.